The standard InChI is InChI=1S/C18H27NO4/c1-12-9-14(10-13(2)15(12)22-8)18(6,11-20)19(7)16(21)23-17(3,4)5/h9-11H,1-8H3. The van der Waals surface area contributed by atoms with E-state index in [2.05, 4.69) is 0 Å². The van der Waals surface area contributed by atoms with Crippen molar-refractivity contribution in [3.05, 3.63) is 28.8 Å². The molecule has 1 atom stereocenters. The number of hydrogen-bond acceptors (Lipinski definition) is 4. The Morgan fingerprint density at radius 2 is 1.61 bits per heavy atom. The minimum atomic E-state index is -1.12. The van der Waals surface area contributed by atoms with Crippen molar-refractivity contribution in [3.63, 3.8) is 0 Å². The van der Waals surface area contributed by atoms with E-state index in [1.165, 1.54) is 4.90 Å². The van der Waals surface area contributed by atoms with Crippen molar-refractivity contribution in [3.8, 4) is 5.75 Å². The third kappa shape index (κ3) is 4.03. The van der Waals surface area contributed by atoms with E-state index in [1.54, 1.807) is 41.9 Å². The van der Waals surface area contributed by atoms with Gasteiger partial charge in [-0.3, -0.25) is 4.90 Å². The lowest BCUT2D eigenvalue weighted by atomic mass is 9.89. The largest absolute Gasteiger partial charge is 0.496 e. The molecule has 0 spiro atoms. The van der Waals surface area contributed by atoms with Crippen LogP contribution in [0.2, 0.25) is 0 Å². The Bertz CT molecular complexity index is 581. The Balaban J connectivity index is 3.29. The number of likely N-dealkylation sites (N-methyl/N-ethyl adjacent to an activating group) is 1. The number of amides is 1. The molecule has 1 unspecified atom stereocenters. The first-order chi connectivity index (χ1) is 10.5. The van der Waals surface area contributed by atoms with Crippen LogP contribution in [0.5, 0.6) is 5.75 Å². The number of aryl methyl sites for hydroxylation is 2. The zero-order valence-electron chi connectivity index (χ0n) is 15.3. The number of carbonyl (C=O) groups is 2. The zero-order valence-corrected chi connectivity index (χ0v) is 15.3. The highest BCUT2D eigenvalue weighted by Crippen LogP contribution is 2.32. The molecule has 0 fully saturated rings. The van der Waals surface area contributed by atoms with Gasteiger partial charge < -0.3 is 14.3 Å². The summed E-state index contributed by atoms with van der Waals surface area (Å²) in [6, 6.07) is 3.72. The van der Waals surface area contributed by atoms with Crippen LogP contribution in [-0.4, -0.2) is 37.0 Å². The van der Waals surface area contributed by atoms with Crippen LogP contribution in [0.4, 0.5) is 4.79 Å². The molecule has 0 saturated heterocycles. The number of ether oxygens (including phenoxy) is 2. The third-order valence-corrected chi connectivity index (χ3v) is 3.84. The SMILES string of the molecule is COc1c(C)cc(C(C)(C=O)N(C)C(=O)OC(C)(C)C)cc1C. The lowest BCUT2D eigenvalue weighted by Crippen LogP contribution is -2.48. The number of nitrogens with zero attached hydrogens (tertiary/aromatic N) is 1. The van der Waals surface area contributed by atoms with Crippen LogP contribution in [0.3, 0.4) is 0 Å². The highest BCUT2D eigenvalue weighted by Gasteiger charge is 2.37. The molecule has 0 aliphatic carbocycles. The first-order valence-corrected chi connectivity index (χ1v) is 7.55. The molecule has 128 valence electrons. The summed E-state index contributed by atoms with van der Waals surface area (Å²) in [6.45, 7) is 10.9. The van der Waals surface area contributed by atoms with Crippen LogP contribution in [0, 0.1) is 13.8 Å². The second kappa shape index (κ2) is 6.60. The van der Waals surface area contributed by atoms with Crippen LogP contribution >= 0.6 is 0 Å². The summed E-state index contributed by atoms with van der Waals surface area (Å²) in [6.07, 6.45) is 0.218. The van der Waals surface area contributed by atoms with Gasteiger partial charge in [0, 0.05) is 7.05 Å². The lowest BCUT2D eigenvalue weighted by Gasteiger charge is -2.36. The fourth-order valence-corrected chi connectivity index (χ4v) is 2.43. The second-order valence-electron chi connectivity index (χ2n) is 6.95. The maximum Gasteiger partial charge on any atom is 0.411 e. The molecule has 1 amide bonds. The van der Waals surface area contributed by atoms with Crippen molar-refractivity contribution in [1.29, 1.82) is 0 Å². The Labute approximate surface area is 138 Å². The topological polar surface area (TPSA) is 55.8 Å². The molecule has 5 heteroatoms. The fourth-order valence-electron chi connectivity index (χ4n) is 2.43. The van der Waals surface area contributed by atoms with Crippen LogP contribution in [0.1, 0.15) is 44.4 Å². The average Bonchev–Trinajstić information content (AvgIpc) is 2.43. The van der Waals surface area contributed by atoms with E-state index in [0.29, 0.717) is 0 Å². The second-order valence-corrected chi connectivity index (χ2v) is 6.95. The monoisotopic (exact) mass is 321 g/mol. The van der Waals surface area contributed by atoms with Gasteiger partial charge in [-0.25, -0.2) is 4.79 Å². The van der Waals surface area contributed by atoms with Crippen LogP contribution in [0.25, 0.3) is 0 Å². The van der Waals surface area contributed by atoms with Crippen molar-refractivity contribution < 1.29 is 19.1 Å². The molecule has 1 aromatic carbocycles. The molecule has 0 radical (unpaired) electrons. The summed E-state index contributed by atoms with van der Waals surface area (Å²) in [7, 11) is 3.18. The van der Waals surface area contributed by atoms with E-state index in [9.17, 15) is 9.59 Å². The van der Waals surface area contributed by atoms with Crippen LogP contribution < -0.4 is 4.74 Å². The number of carbonyl (C=O) groups excluding carboxylic acids is 2. The Kier molecular flexibility index (Phi) is 5.46. The molecule has 0 N–H and O–H groups in total. The molecular weight excluding hydrogens is 294 g/mol. The molecular formula is C18H27NO4. The highest BCUT2D eigenvalue weighted by molar-refractivity contribution is 5.78. The molecule has 0 bridgehead atoms. The number of methoxy groups -OCH3 is 1. The van der Waals surface area contributed by atoms with Gasteiger partial charge in [-0.05, 0) is 70.4 Å². The Morgan fingerprint density at radius 3 is 1.96 bits per heavy atom. The quantitative estimate of drug-likeness (QED) is 0.795. The van der Waals surface area contributed by atoms with Gasteiger partial charge in [0.05, 0.1) is 7.11 Å². The predicted molar refractivity (Wildman–Crippen MR) is 89.9 cm³/mol. The van der Waals surface area contributed by atoms with E-state index in [1.807, 2.05) is 26.0 Å². The van der Waals surface area contributed by atoms with Crippen molar-refractivity contribution >= 4 is 12.4 Å². The Hall–Kier alpha value is -2.04. The smallest absolute Gasteiger partial charge is 0.411 e. The van der Waals surface area contributed by atoms with Crippen LogP contribution in [0.15, 0.2) is 12.1 Å². The van der Waals surface area contributed by atoms with E-state index < -0.39 is 17.2 Å². The fraction of sp³-hybridized carbons (Fsp3) is 0.556. The molecule has 0 heterocycles. The minimum Gasteiger partial charge on any atom is -0.496 e. The normalized spacial score (nSPS) is 13.9. The molecule has 1 rings (SSSR count). The number of rotatable bonds is 4. The van der Waals surface area contributed by atoms with Gasteiger partial charge in [-0.2, -0.15) is 0 Å². The van der Waals surface area contributed by atoms with E-state index in [-0.39, 0.29) is 0 Å². The molecule has 23 heavy (non-hydrogen) atoms. The summed E-state index contributed by atoms with van der Waals surface area (Å²) in [5, 5.41) is 0. The molecule has 0 aliphatic rings. The maximum atomic E-state index is 12.4. The van der Waals surface area contributed by atoms with Gasteiger partial charge in [0.1, 0.15) is 23.2 Å². The number of benzene rings is 1. The molecule has 5 nitrogen and oxygen atoms in total. The number of hydrogen-bond donors (Lipinski definition) is 0. The third-order valence-electron chi connectivity index (χ3n) is 3.84. The zero-order chi connectivity index (χ0) is 18.0. The lowest BCUT2D eigenvalue weighted by molar-refractivity contribution is -0.117. The summed E-state index contributed by atoms with van der Waals surface area (Å²) in [5.41, 5.74) is 0.795. The van der Waals surface area contributed by atoms with Gasteiger partial charge in [-0.1, -0.05) is 0 Å². The minimum absolute atomic E-state index is 0.543. The van der Waals surface area contributed by atoms with Gasteiger partial charge in [0.2, 0.25) is 0 Å². The molecule has 0 aliphatic heterocycles. The molecule has 0 saturated carbocycles. The first kappa shape index (κ1) is 19.0. The summed E-state index contributed by atoms with van der Waals surface area (Å²) >= 11 is 0. The predicted octanol–water partition coefficient (Wildman–Crippen LogP) is 3.59. The van der Waals surface area contributed by atoms with Gasteiger partial charge in [0.25, 0.3) is 0 Å². The molecule has 1 aromatic rings. The Morgan fingerprint density at radius 1 is 1.13 bits per heavy atom. The summed E-state index contributed by atoms with van der Waals surface area (Å²) in [5.74, 6) is 0.780. The highest BCUT2D eigenvalue weighted by atomic mass is 16.6. The van der Waals surface area contributed by atoms with Crippen LogP contribution in [-0.2, 0) is 15.1 Å². The van der Waals surface area contributed by atoms with E-state index in [0.717, 1.165) is 28.7 Å². The van der Waals surface area contributed by atoms with Gasteiger partial charge >= 0.3 is 6.09 Å². The number of aldehydes is 1. The summed E-state index contributed by atoms with van der Waals surface area (Å²) in [4.78, 5) is 25.5. The van der Waals surface area contributed by atoms with Crippen molar-refractivity contribution in [2.45, 2.75) is 52.7 Å². The van der Waals surface area contributed by atoms with Crippen molar-refractivity contribution in [2.24, 2.45) is 0 Å². The van der Waals surface area contributed by atoms with E-state index >= 15 is 0 Å². The van der Waals surface area contributed by atoms with E-state index in [4.69, 9.17) is 9.47 Å². The average molecular weight is 321 g/mol. The maximum absolute atomic E-state index is 12.4. The van der Waals surface area contributed by atoms with Gasteiger partial charge in [0.15, 0.2) is 0 Å². The van der Waals surface area contributed by atoms with Crippen molar-refractivity contribution in [1.82, 2.24) is 4.90 Å². The van der Waals surface area contributed by atoms with Gasteiger partial charge in [-0.15, -0.1) is 0 Å². The molecule has 0 aromatic heterocycles. The summed E-state index contributed by atoms with van der Waals surface area (Å²) < 4.78 is 10.7. The first-order valence-electron chi connectivity index (χ1n) is 7.55. The van der Waals surface area contributed by atoms with Crippen molar-refractivity contribution in [2.75, 3.05) is 14.2 Å².